The van der Waals surface area contributed by atoms with E-state index in [2.05, 4.69) is 45.2 Å². The first-order valence-corrected chi connectivity index (χ1v) is 11.0. The predicted octanol–water partition coefficient (Wildman–Crippen LogP) is 4.49. The summed E-state index contributed by atoms with van der Waals surface area (Å²) in [7, 11) is 0. The Kier molecular flexibility index (Phi) is 5.32. The number of H-pyrrole nitrogens is 1. The van der Waals surface area contributed by atoms with Crippen LogP contribution in [0.2, 0.25) is 5.02 Å². The van der Waals surface area contributed by atoms with Crippen molar-refractivity contribution in [1.29, 1.82) is 0 Å². The lowest BCUT2D eigenvalue weighted by atomic mass is 9.90. The molecule has 0 radical (unpaired) electrons. The average Bonchev–Trinajstić information content (AvgIpc) is 3.14. The molecule has 3 heterocycles. The van der Waals surface area contributed by atoms with Crippen LogP contribution in [0.4, 0.5) is 0 Å². The van der Waals surface area contributed by atoms with Gasteiger partial charge in [-0.3, -0.25) is 9.36 Å². The molecule has 5 nitrogen and oxygen atoms in total. The summed E-state index contributed by atoms with van der Waals surface area (Å²) < 4.78 is 1.72. The number of piperidine rings is 1. The van der Waals surface area contributed by atoms with Crippen molar-refractivity contribution >= 4 is 33.5 Å². The van der Waals surface area contributed by atoms with E-state index in [4.69, 9.17) is 11.6 Å². The van der Waals surface area contributed by atoms with Crippen LogP contribution in [0, 0.1) is 5.92 Å². The highest BCUT2D eigenvalue weighted by molar-refractivity contribution is 6.31. The highest BCUT2D eigenvalue weighted by Gasteiger charge is 2.19. The van der Waals surface area contributed by atoms with Crippen molar-refractivity contribution in [3.05, 3.63) is 75.8 Å². The molecule has 1 N–H and O–H groups in total. The minimum absolute atomic E-state index is 0.0220. The molecule has 0 unspecified atom stereocenters. The first-order valence-electron chi connectivity index (χ1n) is 10.6. The normalized spacial score (nSPS) is 15.9. The number of hydrogen-bond donors (Lipinski definition) is 1. The number of likely N-dealkylation sites (tertiary alicyclic amines) is 1. The van der Waals surface area contributed by atoms with Crippen molar-refractivity contribution in [3.63, 3.8) is 0 Å². The van der Waals surface area contributed by atoms with E-state index in [1.807, 2.05) is 18.2 Å². The van der Waals surface area contributed by atoms with E-state index in [1.165, 1.54) is 24.8 Å². The molecule has 30 heavy (non-hydrogen) atoms. The summed E-state index contributed by atoms with van der Waals surface area (Å²) in [5.41, 5.74) is 3.54. The highest BCUT2D eigenvalue weighted by Crippen LogP contribution is 2.25. The summed E-state index contributed by atoms with van der Waals surface area (Å²) in [6, 6.07) is 16.3. The largest absolute Gasteiger partial charge is 0.349 e. The maximum absolute atomic E-state index is 13.0. The molecular weight excluding hydrogens is 396 g/mol. The van der Waals surface area contributed by atoms with Crippen molar-refractivity contribution in [2.75, 3.05) is 19.6 Å². The van der Waals surface area contributed by atoms with Crippen LogP contribution >= 0.6 is 11.6 Å². The molecular formula is C24H25ClN4O. The van der Waals surface area contributed by atoms with Gasteiger partial charge in [-0.15, -0.1) is 0 Å². The van der Waals surface area contributed by atoms with Crippen molar-refractivity contribution < 1.29 is 0 Å². The van der Waals surface area contributed by atoms with Crippen LogP contribution in [0.5, 0.6) is 0 Å². The zero-order chi connectivity index (χ0) is 20.5. The van der Waals surface area contributed by atoms with Crippen LogP contribution < -0.4 is 5.56 Å². The van der Waals surface area contributed by atoms with Gasteiger partial charge in [0.1, 0.15) is 11.0 Å². The topological polar surface area (TPSA) is 53.9 Å². The SMILES string of the molecule is O=c1c2[nH]c3ccc(Cl)cc3c2ncn1CCN1CCC(Cc2ccccc2)CC1. The van der Waals surface area contributed by atoms with E-state index in [0.717, 1.165) is 36.5 Å². The zero-order valence-corrected chi connectivity index (χ0v) is 17.6. The average molecular weight is 421 g/mol. The van der Waals surface area contributed by atoms with Gasteiger partial charge in [0.05, 0.1) is 6.33 Å². The molecule has 1 saturated heterocycles. The summed E-state index contributed by atoms with van der Waals surface area (Å²) in [4.78, 5) is 23.2. The lowest BCUT2D eigenvalue weighted by molar-refractivity contribution is 0.178. The van der Waals surface area contributed by atoms with E-state index in [-0.39, 0.29) is 5.56 Å². The van der Waals surface area contributed by atoms with Crippen LogP contribution in [-0.4, -0.2) is 39.1 Å². The second-order valence-corrected chi connectivity index (χ2v) is 8.69. The van der Waals surface area contributed by atoms with Gasteiger partial charge in [-0.2, -0.15) is 0 Å². The van der Waals surface area contributed by atoms with E-state index in [1.54, 1.807) is 10.9 Å². The summed E-state index contributed by atoms with van der Waals surface area (Å²) in [6.07, 6.45) is 5.26. The molecule has 2 aromatic heterocycles. The quantitative estimate of drug-likeness (QED) is 0.517. The number of aromatic amines is 1. The van der Waals surface area contributed by atoms with Crippen molar-refractivity contribution in [3.8, 4) is 0 Å². The number of rotatable bonds is 5. The zero-order valence-electron chi connectivity index (χ0n) is 16.9. The van der Waals surface area contributed by atoms with Gasteiger partial charge in [-0.05, 0) is 62.0 Å². The van der Waals surface area contributed by atoms with Gasteiger partial charge >= 0.3 is 0 Å². The minimum Gasteiger partial charge on any atom is -0.349 e. The monoisotopic (exact) mass is 420 g/mol. The lowest BCUT2D eigenvalue weighted by Crippen LogP contribution is -2.37. The molecule has 0 amide bonds. The number of fused-ring (bicyclic) bond motifs is 3. The molecule has 0 aliphatic carbocycles. The van der Waals surface area contributed by atoms with Gasteiger partial charge in [0.15, 0.2) is 0 Å². The fourth-order valence-electron chi connectivity index (χ4n) is 4.53. The molecule has 0 bridgehead atoms. The number of halogens is 1. The molecule has 0 spiro atoms. The molecule has 154 valence electrons. The number of nitrogens with one attached hydrogen (secondary N) is 1. The Labute approximate surface area is 180 Å². The maximum atomic E-state index is 13.0. The Morgan fingerprint density at radius 3 is 2.67 bits per heavy atom. The van der Waals surface area contributed by atoms with Gasteiger partial charge in [-0.25, -0.2) is 4.98 Å². The Morgan fingerprint density at radius 2 is 1.87 bits per heavy atom. The van der Waals surface area contributed by atoms with Crippen LogP contribution in [0.15, 0.2) is 59.7 Å². The third-order valence-corrected chi connectivity index (χ3v) is 6.50. The third kappa shape index (κ3) is 3.87. The highest BCUT2D eigenvalue weighted by atomic mass is 35.5. The third-order valence-electron chi connectivity index (χ3n) is 6.27. The van der Waals surface area contributed by atoms with E-state index in [0.29, 0.717) is 22.6 Å². The van der Waals surface area contributed by atoms with Gasteiger partial charge in [-0.1, -0.05) is 41.9 Å². The Hall–Kier alpha value is -2.63. The molecule has 6 heteroatoms. The standard InChI is InChI=1S/C24H25ClN4O/c25-19-6-7-21-20(15-19)22-23(27-21)24(30)29(16-26-22)13-12-28-10-8-18(9-11-28)14-17-4-2-1-3-5-17/h1-7,15-16,18,27H,8-14H2. The molecule has 4 aromatic rings. The fourth-order valence-corrected chi connectivity index (χ4v) is 4.70. The van der Waals surface area contributed by atoms with Gasteiger partial charge in [0, 0.05) is 29.0 Å². The minimum atomic E-state index is -0.0220. The smallest absolute Gasteiger partial charge is 0.277 e. The fraction of sp³-hybridized carbons (Fsp3) is 0.333. The van der Waals surface area contributed by atoms with Crippen LogP contribution in [0.1, 0.15) is 18.4 Å². The summed E-state index contributed by atoms with van der Waals surface area (Å²) in [5, 5.41) is 1.53. The summed E-state index contributed by atoms with van der Waals surface area (Å²) in [5.74, 6) is 0.752. The second kappa shape index (κ2) is 8.25. The van der Waals surface area contributed by atoms with Crippen molar-refractivity contribution in [1.82, 2.24) is 19.4 Å². The van der Waals surface area contributed by atoms with Crippen LogP contribution in [0.25, 0.3) is 21.9 Å². The summed E-state index contributed by atoms with van der Waals surface area (Å²) >= 11 is 6.11. The van der Waals surface area contributed by atoms with Gasteiger partial charge in [0.25, 0.3) is 5.56 Å². The molecule has 1 aliphatic heterocycles. The van der Waals surface area contributed by atoms with E-state index >= 15 is 0 Å². The maximum Gasteiger partial charge on any atom is 0.277 e. The van der Waals surface area contributed by atoms with Crippen molar-refractivity contribution in [2.24, 2.45) is 5.92 Å². The Morgan fingerprint density at radius 1 is 1.07 bits per heavy atom. The Balaban J connectivity index is 1.23. The van der Waals surface area contributed by atoms with Gasteiger partial charge < -0.3 is 9.88 Å². The number of aromatic nitrogens is 3. The first-order chi connectivity index (χ1) is 14.7. The lowest BCUT2D eigenvalue weighted by Gasteiger charge is -2.32. The Bertz CT molecular complexity index is 1220. The molecule has 5 rings (SSSR count). The summed E-state index contributed by atoms with van der Waals surface area (Å²) in [6.45, 7) is 3.71. The van der Waals surface area contributed by atoms with E-state index in [9.17, 15) is 4.79 Å². The van der Waals surface area contributed by atoms with E-state index < -0.39 is 0 Å². The molecule has 2 aromatic carbocycles. The number of hydrogen-bond acceptors (Lipinski definition) is 3. The van der Waals surface area contributed by atoms with Crippen LogP contribution in [-0.2, 0) is 13.0 Å². The molecule has 1 aliphatic rings. The first kappa shape index (κ1) is 19.3. The van der Waals surface area contributed by atoms with Crippen molar-refractivity contribution in [2.45, 2.75) is 25.8 Å². The number of nitrogens with zero attached hydrogens (tertiary/aromatic N) is 3. The molecule has 1 fully saturated rings. The van der Waals surface area contributed by atoms with Gasteiger partial charge in [0.2, 0.25) is 0 Å². The second-order valence-electron chi connectivity index (χ2n) is 8.26. The molecule has 0 atom stereocenters. The number of benzene rings is 2. The van der Waals surface area contributed by atoms with Crippen LogP contribution in [0.3, 0.4) is 0 Å². The predicted molar refractivity (Wildman–Crippen MR) is 122 cm³/mol. The molecule has 0 saturated carbocycles.